The summed E-state index contributed by atoms with van der Waals surface area (Å²) in [5, 5.41) is 3.53. The first-order valence-electron chi connectivity index (χ1n) is 9.51. The van der Waals surface area contributed by atoms with Gasteiger partial charge >= 0.3 is 0 Å². The number of hydrogen-bond donors (Lipinski definition) is 1. The summed E-state index contributed by atoms with van der Waals surface area (Å²) in [4.78, 5) is 4.87. The Balaban J connectivity index is 1.61. The van der Waals surface area contributed by atoms with Crippen molar-refractivity contribution in [2.45, 2.75) is 6.92 Å². The van der Waals surface area contributed by atoms with E-state index in [-0.39, 0.29) is 0 Å². The summed E-state index contributed by atoms with van der Waals surface area (Å²) in [5.74, 6) is 3.23. The van der Waals surface area contributed by atoms with Gasteiger partial charge in [0.25, 0.3) is 0 Å². The fourth-order valence-corrected chi connectivity index (χ4v) is 3.48. The zero-order valence-electron chi connectivity index (χ0n) is 16.3. The molecule has 1 N–H and O–H groups in total. The zero-order chi connectivity index (χ0) is 19.8. The molecule has 6 heteroatoms. The molecular formula is C23H21N3O3. The van der Waals surface area contributed by atoms with Crippen LogP contribution in [0.4, 0.5) is 11.5 Å². The molecule has 0 unspecified atom stereocenters. The summed E-state index contributed by atoms with van der Waals surface area (Å²) < 4.78 is 18.7. The second kappa shape index (κ2) is 7.05. The van der Waals surface area contributed by atoms with Crippen molar-refractivity contribution < 1.29 is 14.2 Å². The Labute approximate surface area is 168 Å². The highest BCUT2D eigenvalue weighted by Gasteiger charge is 2.17. The van der Waals surface area contributed by atoms with Crippen LogP contribution in [0.1, 0.15) is 5.56 Å². The lowest BCUT2D eigenvalue weighted by atomic mass is 10.1. The molecule has 1 aliphatic heterocycles. The van der Waals surface area contributed by atoms with Gasteiger partial charge in [-0.25, -0.2) is 4.98 Å². The van der Waals surface area contributed by atoms with Crippen molar-refractivity contribution in [1.82, 2.24) is 9.38 Å². The highest BCUT2D eigenvalue weighted by molar-refractivity contribution is 5.80. The molecule has 146 valence electrons. The van der Waals surface area contributed by atoms with Gasteiger partial charge in [-0.05, 0) is 55.0 Å². The lowest BCUT2D eigenvalue weighted by Crippen LogP contribution is -2.15. The molecule has 29 heavy (non-hydrogen) atoms. The first-order chi connectivity index (χ1) is 14.2. The summed E-state index contributed by atoms with van der Waals surface area (Å²) in [6.45, 7) is 3.20. The lowest BCUT2D eigenvalue weighted by molar-refractivity contribution is 0.171. The Hall–Kier alpha value is -3.67. The van der Waals surface area contributed by atoms with Gasteiger partial charge in [-0.1, -0.05) is 6.07 Å². The second-order valence-corrected chi connectivity index (χ2v) is 6.96. The molecular weight excluding hydrogens is 366 g/mol. The molecule has 0 amide bonds. The number of nitrogens with one attached hydrogen (secondary N) is 1. The van der Waals surface area contributed by atoms with Crippen LogP contribution in [0.2, 0.25) is 0 Å². The molecule has 6 nitrogen and oxygen atoms in total. The molecule has 2 aromatic heterocycles. The van der Waals surface area contributed by atoms with Gasteiger partial charge in [0.15, 0.2) is 11.5 Å². The quantitative estimate of drug-likeness (QED) is 0.543. The minimum atomic E-state index is 0.558. The number of hydrogen-bond acceptors (Lipinski definition) is 5. The maximum absolute atomic E-state index is 5.73. The summed E-state index contributed by atoms with van der Waals surface area (Å²) in [7, 11) is 1.66. The molecule has 2 aromatic carbocycles. The summed E-state index contributed by atoms with van der Waals surface area (Å²) in [6.07, 6.45) is 2.08. The van der Waals surface area contributed by atoms with Crippen LogP contribution < -0.4 is 19.5 Å². The monoisotopic (exact) mass is 387 g/mol. The topological polar surface area (TPSA) is 57.0 Å². The lowest BCUT2D eigenvalue weighted by Gasteiger charge is -2.19. The van der Waals surface area contributed by atoms with E-state index in [0.29, 0.717) is 13.2 Å². The van der Waals surface area contributed by atoms with Crippen molar-refractivity contribution in [2.75, 3.05) is 25.6 Å². The molecule has 0 aliphatic carbocycles. The summed E-state index contributed by atoms with van der Waals surface area (Å²) in [5.41, 5.74) is 4.82. The van der Waals surface area contributed by atoms with Crippen LogP contribution in [0, 0.1) is 6.92 Å². The molecule has 0 saturated heterocycles. The first-order valence-corrected chi connectivity index (χ1v) is 9.51. The standard InChI is InChI=1S/C23H21N3O3/c1-15-3-10-21-25-22(16-4-7-18(27-2)8-5-16)23(26(21)14-15)24-17-6-9-19-20(13-17)29-12-11-28-19/h3-10,13-14,24H,11-12H2,1-2H3. The smallest absolute Gasteiger partial charge is 0.163 e. The largest absolute Gasteiger partial charge is 0.497 e. The SMILES string of the molecule is COc1ccc(-c2nc3ccc(C)cn3c2Nc2ccc3c(c2)OCCO3)cc1. The van der Waals surface area contributed by atoms with Gasteiger partial charge in [-0.2, -0.15) is 0 Å². The zero-order valence-corrected chi connectivity index (χ0v) is 16.3. The first kappa shape index (κ1) is 17.4. The maximum atomic E-state index is 5.73. The number of anilines is 2. The molecule has 0 saturated carbocycles. The Morgan fingerprint density at radius 2 is 1.76 bits per heavy atom. The van der Waals surface area contributed by atoms with Crippen LogP contribution in [-0.4, -0.2) is 29.7 Å². The number of methoxy groups -OCH3 is 1. The summed E-state index contributed by atoms with van der Waals surface area (Å²) >= 11 is 0. The molecule has 0 atom stereocenters. The average Bonchev–Trinajstić information content (AvgIpc) is 3.11. The highest BCUT2D eigenvalue weighted by Crippen LogP contribution is 2.36. The van der Waals surface area contributed by atoms with E-state index < -0.39 is 0 Å². The van der Waals surface area contributed by atoms with Gasteiger partial charge in [0.05, 0.1) is 7.11 Å². The van der Waals surface area contributed by atoms with E-state index in [9.17, 15) is 0 Å². The van der Waals surface area contributed by atoms with E-state index in [2.05, 4.69) is 28.9 Å². The third-order valence-electron chi connectivity index (χ3n) is 4.93. The van der Waals surface area contributed by atoms with Crippen LogP contribution in [0.5, 0.6) is 17.2 Å². The van der Waals surface area contributed by atoms with Crippen molar-refractivity contribution in [3.63, 3.8) is 0 Å². The number of pyridine rings is 1. The van der Waals surface area contributed by atoms with Crippen LogP contribution in [-0.2, 0) is 0 Å². The fourth-order valence-electron chi connectivity index (χ4n) is 3.48. The number of rotatable bonds is 4. The molecule has 0 bridgehead atoms. The number of ether oxygens (including phenoxy) is 3. The Morgan fingerprint density at radius 3 is 2.55 bits per heavy atom. The minimum absolute atomic E-state index is 0.558. The van der Waals surface area contributed by atoms with E-state index in [1.54, 1.807) is 7.11 Å². The Morgan fingerprint density at radius 1 is 0.966 bits per heavy atom. The number of fused-ring (bicyclic) bond motifs is 2. The van der Waals surface area contributed by atoms with Gasteiger partial charge in [-0.3, -0.25) is 4.40 Å². The van der Waals surface area contributed by atoms with Crippen LogP contribution in [0.25, 0.3) is 16.9 Å². The van der Waals surface area contributed by atoms with Crippen molar-refractivity contribution in [1.29, 1.82) is 0 Å². The van der Waals surface area contributed by atoms with Crippen LogP contribution in [0.3, 0.4) is 0 Å². The molecule has 1 aliphatic rings. The Kier molecular flexibility index (Phi) is 4.24. The van der Waals surface area contributed by atoms with Gasteiger partial charge in [0.2, 0.25) is 0 Å². The fraction of sp³-hybridized carbons (Fsp3) is 0.174. The summed E-state index contributed by atoms with van der Waals surface area (Å²) in [6, 6.07) is 17.9. The molecule has 3 heterocycles. The van der Waals surface area contributed by atoms with E-state index in [1.807, 2.05) is 48.5 Å². The number of imidazole rings is 1. The van der Waals surface area contributed by atoms with Crippen molar-refractivity contribution >= 4 is 17.2 Å². The van der Waals surface area contributed by atoms with Crippen molar-refractivity contribution in [3.8, 4) is 28.5 Å². The third kappa shape index (κ3) is 3.23. The number of aromatic nitrogens is 2. The average molecular weight is 387 g/mol. The van der Waals surface area contributed by atoms with E-state index in [4.69, 9.17) is 19.2 Å². The van der Waals surface area contributed by atoms with Crippen molar-refractivity contribution in [2.24, 2.45) is 0 Å². The molecule has 5 rings (SSSR count). The molecule has 0 radical (unpaired) electrons. The maximum Gasteiger partial charge on any atom is 0.163 e. The minimum Gasteiger partial charge on any atom is -0.497 e. The van der Waals surface area contributed by atoms with E-state index in [0.717, 1.165) is 51.2 Å². The molecule has 0 fully saturated rings. The predicted octanol–water partition coefficient (Wildman–Crippen LogP) is 4.83. The van der Waals surface area contributed by atoms with Gasteiger partial charge in [0.1, 0.15) is 36.1 Å². The van der Waals surface area contributed by atoms with Gasteiger partial charge in [0, 0.05) is 23.5 Å². The highest BCUT2D eigenvalue weighted by atomic mass is 16.6. The van der Waals surface area contributed by atoms with E-state index >= 15 is 0 Å². The predicted molar refractivity (Wildman–Crippen MR) is 113 cm³/mol. The third-order valence-corrected chi connectivity index (χ3v) is 4.93. The van der Waals surface area contributed by atoms with Crippen molar-refractivity contribution in [3.05, 3.63) is 66.4 Å². The van der Waals surface area contributed by atoms with Gasteiger partial charge < -0.3 is 19.5 Å². The number of nitrogens with zero attached hydrogens (tertiary/aromatic N) is 2. The normalized spacial score (nSPS) is 12.8. The number of aryl methyl sites for hydroxylation is 1. The molecule has 4 aromatic rings. The van der Waals surface area contributed by atoms with Crippen LogP contribution >= 0.6 is 0 Å². The molecule has 0 spiro atoms. The van der Waals surface area contributed by atoms with Crippen LogP contribution in [0.15, 0.2) is 60.8 Å². The second-order valence-electron chi connectivity index (χ2n) is 6.96. The number of benzene rings is 2. The Bertz CT molecular complexity index is 1180. The van der Waals surface area contributed by atoms with E-state index in [1.165, 1.54) is 0 Å². The van der Waals surface area contributed by atoms with Gasteiger partial charge in [-0.15, -0.1) is 0 Å².